The third-order valence-electron chi connectivity index (χ3n) is 5.60. The average Bonchev–Trinajstić information content (AvgIpc) is 3.15. The highest BCUT2D eigenvalue weighted by Gasteiger charge is 2.20. The number of nitro groups is 1. The predicted molar refractivity (Wildman–Crippen MR) is 117 cm³/mol. The quantitative estimate of drug-likeness (QED) is 0.340. The van der Waals surface area contributed by atoms with Crippen LogP contribution in [0.1, 0.15) is 37.6 Å². The van der Waals surface area contributed by atoms with Crippen molar-refractivity contribution in [3.63, 3.8) is 0 Å². The second-order valence-corrected chi connectivity index (χ2v) is 8.07. The van der Waals surface area contributed by atoms with Crippen molar-refractivity contribution >= 4 is 5.69 Å². The number of halogens is 1. The van der Waals surface area contributed by atoms with Crippen molar-refractivity contribution in [2.45, 2.75) is 46.4 Å². The van der Waals surface area contributed by atoms with Crippen molar-refractivity contribution in [1.82, 2.24) is 9.47 Å². The molecule has 0 saturated carbocycles. The van der Waals surface area contributed by atoms with Crippen molar-refractivity contribution in [2.24, 2.45) is 5.92 Å². The highest BCUT2D eigenvalue weighted by Crippen LogP contribution is 2.21. The van der Waals surface area contributed by atoms with Gasteiger partial charge in [-0.3, -0.25) is 15.0 Å². The maximum Gasteiger partial charge on any atom is 0.269 e. The molecule has 3 aromatic rings. The molecule has 158 valence electrons. The molecule has 0 aliphatic rings. The molecule has 3 rings (SSSR count). The number of benzene rings is 2. The molecule has 2 aromatic carbocycles. The Morgan fingerprint density at radius 2 is 1.73 bits per heavy atom. The van der Waals surface area contributed by atoms with Crippen molar-refractivity contribution in [3.8, 4) is 0 Å². The summed E-state index contributed by atoms with van der Waals surface area (Å²) in [6.07, 6.45) is 2.03. The third-order valence-corrected chi connectivity index (χ3v) is 5.60. The van der Waals surface area contributed by atoms with Gasteiger partial charge in [0.2, 0.25) is 0 Å². The maximum absolute atomic E-state index is 13.2. The van der Waals surface area contributed by atoms with Gasteiger partial charge < -0.3 is 4.57 Å². The van der Waals surface area contributed by atoms with Gasteiger partial charge in [-0.25, -0.2) is 4.39 Å². The first kappa shape index (κ1) is 21.7. The van der Waals surface area contributed by atoms with Crippen LogP contribution in [-0.2, 0) is 19.6 Å². The molecule has 0 radical (unpaired) electrons. The number of non-ortho nitro benzene ring substituents is 1. The molecule has 0 fully saturated rings. The summed E-state index contributed by atoms with van der Waals surface area (Å²) in [7, 11) is 0. The van der Waals surface area contributed by atoms with Crippen molar-refractivity contribution in [2.75, 3.05) is 0 Å². The Labute approximate surface area is 176 Å². The van der Waals surface area contributed by atoms with Gasteiger partial charge >= 0.3 is 0 Å². The minimum absolute atomic E-state index is 0.115. The standard InChI is InChI=1S/C24H28FN3O2/c1-18(2)19(3)27(16-21-6-4-7-23(14-21)28(29)30)17-24-8-5-13-26(24)15-20-9-11-22(25)12-10-20/h4-14,18-19H,15-17H2,1-3H3/t19-/m0/s1. The molecule has 0 unspecified atom stereocenters. The summed E-state index contributed by atoms with van der Waals surface area (Å²) in [5.74, 6) is 0.199. The van der Waals surface area contributed by atoms with Crippen molar-refractivity contribution in [3.05, 3.63) is 99.6 Å². The van der Waals surface area contributed by atoms with Crippen LogP contribution in [0.2, 0.25) is 0 Å². The SMILES string of the molecule is CC(C)[C@H](C)N(Cc1cccc([N+](=O)[O-])c1)Cc1cccn1Cc1ccc(F)cc1. The van der Waals surface area contributed by atoms with Crippen LogP contribution in [0.4, 0.5) is 10.1 Å². The Morgan fingerprint density at radius 1 is 1.00 bits per heavy atom. The lowest BCUT2D eigenvalue weighted by atomic mass is 10.0. The lowest BCUT2D eigenvalue weighted by Crippen LogP contribution is -2.36. The van der Waals surface area contributed by atoms with E-state index in [9.17, 15) is 14.5 Å². The van der Waals surface area contributed by atoms with Crippen LogP contribution in [0.3, 0.4) is 0 Å². The Bertz CT molecular complexity index is 982. The Hall–Kier alpha value is -2.99. The molecule has 0 aliphatic carbocycles. The number of nitro benzene ring substituents is 1. The lowest BCUT2D eigenvalue weighted by Gasteiger charge is -2.32. The summed E-state index contributed by atoms with van der Waals surface area (Å²) in [4.78, 5) is 13.1. The number of hydrogen-bond acceptors (Lipinski definition) is 3. The summed E-state index contributed by atoms with van der Waals surface area (Å²) >= 11 is 0. The van der Waals surface area contributed by atoms with Gasteiger partial charge in [0.05, 0.1) is 4.92 Å². The first-order chi connectivity index (χ1) is 14.3. The molecule has 0 aliphatic heterocycles. The highest BCUT2D eigenvalue weighted by molar-refractivity contribution is 5.34. The smallest absolute Gasteiger partial charge is 0.269 e. The molecule has 0 bridgehead atoms. The molecule has 1 heterocycles. The normalized spacial score (nSPS) is 12.5. The minimum Gasteiger partial charge on any atom is -0.346 e. The summed E-state index contributed by atoms with van der Waals surface area (Å²) in [6, 6.07) is 17.8. The fraction of sp³-hybridized carbons (Fsp3) is 0.333. The van der Waals surface area contributed by atoms with Gasteiger partial charge in [-0.2, -0.15) is 0 Å². The number of rotatable bonds is 9. The molecule has 0 spiro atoms. The zero-order valence-corrected chi connectivity index (χ0v) is 17.7. The van der Waals surface area contributed by atoms with E-state index in [2.05, 4.69) is 36.3 Å². The van der Waals surface area contributed by atoms with Crippen LogP contribution in [0, 0.1) is 21.8 Å². The highest BCUT2D eigenvalue weighted by atomic mass is 19.1. The van der Waals surface area contributed by atoms with Gasteiger partial charge in [-0.05, 0) is 48.2 Å². The average molecular weight is 410 g/mol. The van der Waals surface area contributed by atoms with E-state index in [4.69, 9.17) is 0 Å². The van der Waals surface area contributed by atoms with E-state index >= 15 is 0 Å². The van der Waals surface area contributed by atoms with Gasteiger partial charge in [0.15, 0.2) is 0 Å². The molecule has 1 aromatic heterocycles. The summed E-state index contributed by atoms with van der Waals surface area (Å²) in [6.45, 7) is 8.57. The summed E-state index contributed by atoms with van der Waals surface area (Å²) in [5, 5.41) is 11.1. The van der Waals surface area contributed by atoms with Crippen LogP contribution >= 0.6 is 0 Å². The zero-order valence-electron chi connectivity index (χ0n) is 17.7. The first-order valence-corrected chi connectivity index (χ1v) is 10.2. The molecule has 1 atom stereocenters. The van der Waals surface area contributed by atoms with Gasteiger partial charge in [0, 0.05) is 49.7 Å². The van der Waals surface area contributed by atoms with E-state index in [1.165, 1.54) is 18.2 Å². The van der Waals surface area contributed by atoms with E-state index in [1.807, 2.05) is 18.3 Å². The van der Waals surface area contributed by atoms with E-state index in [-0.39, 0.29) is 16.4 Å². The van der Waals surface area contributed by atoms with Crippen molar-refractivity contribution < 1.29 is 9.31 Å². The molecule has 5 nitrogen and oxygen atoms in total. The van der Waals surface area contributed by atoms with Gasteiger partial charge in [0.1, 0.15) is 5.82 Å². The van der Waals surface area contributed by atoms with Crippen LogP contribution in [-0.4, -0.2) is 20.4 Å². The molecular formula is C24H28FN3O2. The monoisotopic (exact) mass is 409 g/mol. The lowest BCUT2D eigenvalue weighted by molar-refractivity contribution is -0.384. The van der Waals surface area contributed by atoms with Gasteiger partial charge in [0.25, 0.3) is 5.69 Å². The third kappa shape index (κ3) is 5.54. The topological polar surface area (TPSA) is 51.3 Å². The van der Waals surface area contributed by atoms with Crippen molar-refractivity contribution in [1.29, 1.82) is 0 Å². The fourth-order valence-corrected chi connectivity index (χ4v) is 3.51. The van der Waals surface area contributed by atoms with Crippen LogP contribution < -0.4 is 0 Å². The second-order valence-electron chi connectivity index (χ2n) is 8.07. The Kier molecular flexibility index (Phi) is 7.00. The Balaban J connectivity index is 1.81. The molecule has 0 amide bonds. The van der Waals surface area contributed by atoms with Gasteiger partial charge in [-0.1, -0.05) is 38.1 Å². The number of hydrogen-bond donors (Lipinski definition) is 0. The minimum atomic E-state index is -0.354. The fourth-order valence-electron chi connectivity index (χ4n) is 3.51. The molecule has 6 heteroatoms. The Morgan fingerprint density at radius 3 is 2.40 bits per heavy atom. The van der Waals surface area contributed by atoms with E-state index in [0.29, 0.717) is 25.0 Å². The maximum atomic E-state index is 13.2. The summed E-state index contributed by atoms with van der Waals surface area (Å²) in [5.41, 5.74) is 3.23. The van der Waals surface area contributed by atoms with Crippen LogP contribution in [0.25, 0.3) is 0 Å². The van der Waals surface area contributed by atoms with Gasteiger partial charge in [-0.15, -0.1) is 0 Å². The van der Waals surface area contributed by atoms with Crippen LogP contribution in [0.15, 0.2) is 66.9 Å². The predicted octanol–water partition coefficient (Wildman–Crippen LogP) is 5.63. The molecule has 30 heavy (non-hydrogen) atoms. The molecule has 0 saturated heterocycles. The van der Waals surface area contributed by atoms with E-state index < -0.39 is 0 Å². The van der Waals surface area contributed by atoms with Crippen LogP contribution in [0.5, 0.6) is 0 Å². The number of aromatic nitrogens is 1. The first-order valence-electron chi connectivity index (χ1n) is 10.2. The van der Waals surface area contributed by atoms with E-state index in [1.54, 1.807) is 24.3 Å². The molecule has 0 N–H and O–H groups in total. The second kappa shape index (κ2) is 9.67. The largest absolute Gasteiger partial charge is 0.346 e. The van der Waals surface area contributed by atoms with E-state index in [0.717, 1.165) is 23.4 Å². The molecular weight excluding hydrogens is 381 g/mol. The zero-order chi connectivity index (χ0) is 21.7. The number of nitrogens with zero attached hydrogens (tertiary/aromatic N) is 3. The summed E-state index contributed by atoms with van der Waals surface area (Å²) < 4.78 is 15.4.